The summed E-state index contributed by atoms with van der Waals surface area (Å²) in [6, 6.07) is 9.75. The van der Waals surface area contributed by atoms with Crippen LogP contribution in [0.15, 0.2) is 47.4 Å². The molecule has 9 heteroatoms. The molecule has 0 aromatic heterocycles. The number of alkyl halides is 3. The van der Waals surface area contributed by atoms with Gasteiger partial charge in [-0.15, -0.1) is 0 Å². The Labute approximate surface area is 149 Å². The zero-order valence-electron chi connectivity index (χ0n) is 14.3. The summed E-state index contributed by atoms with van der Waals surface area (Å²) >= 11 is 0. The highest BCUT2D eigenvalue weighted by Gasteiger charge is 2.38. The maximum absolute atomic E-state index is 12.7. The van der Waals surface area contributed by atoms with Crippen molar-refractivity contribution in [3.05, 3.63) is 53.6 Å². The van der Waals surface area contributed by atoms with Crippen LogP contribution >= 0.6 is 0 Å². The number of amides is 1. The van der Waals surface area contributed by atoms with Gasteiger partial charge in [-0.05, 0) is 55.3 Å². The third-order valence-corrected chi connectivity index (χ3v) is 5.73. The number of benzene rings is 2. The van der Waals surface area contributed by atoms with E-state index in [0.717, 1.165) is 39.7 Å². The summed E-state index contributed by atoms with van der Waals surface area (Å²) < 4.78 is 63.4. The van der Waals surface area contributed by atoms with E-state index in [1.165, 1.54) is 7.05 Å². The maximum Gasteiger partial charge on any atom is 0.471 e. The van der Waals surface area contributed by atoms with Gasteiger partial charge in [-0.2, -0.15) is 13.2 Å². The first kappa shape index (κ1) is 19.8. The van der Waals surface area contributed by atoms with E-state index >= 15 is 0 Å². The van der Waals surface area contributed by atoms with Crippen LogP contribution in [0.4, 0.5) is 24.5 Å². The van der Waals surface area contributed by atoms with Gasteiger partial charge in [0.2, 0.25) is 0 Å². The lowest BCUT2D eigenvalue weighted by atomic mass is 10.1. The quantitative estimate of drug-likeness (QED) is 0.873. The predicted molar refractivity (Wildman–Crippen MR) is 92.6 cm³/mol. The number of sulfonamides is 1. The Balaban J connectivity index is 2.29. The first-order valence-corrected chi connectivity index (χ1v) is 8.92. The van der Waals surface area contributed by atoms with Gasteiger partial charge in [0.05, 0.1) is 10.6 Å². The van der Waals surface area contributed by atoms with E-state index in [1.54, 1.807) is 24.4 Å². The van der Waals surface area contributed by atoms with Gasteiger partial charge in [-0.25, -0.2) is 8.42 Å². The van der Waals surface area contributed by atoms with E-state index in [4.69, 9.17) is 0 Å². The fourth-order valence-electron chi connectivity index (χ4n) is 2.28. The number of aryl methyl sites for hydroxylation is 1. The molecular weight excluding hydrogens is 369 g/mol. The molecular formula is C17H17F3N2O3S. The highest BCUT2D eigenvalue weighted by molar-refractivity contribution is 7.92. The zero-order chi connectivity index (χ0) is 19.7. The number of hydrogen-bond donors (Lipinski definition) is 1. The van der Waals surface area contributed by atoms with Crippen LogP contribution in [0.3, 0.4) is 0 Å². The average molecular weight is 386 g/mol. The summed E-state index contributed by atoms with van der Waals surface area (Å²) in [5.74, 6) is -2.12. The van der Waals surface area contributed by atoms with Crippen molar-refractivity contribution < 1.29 is 26.4 Å². The van der Waals surface area contributed by atoms with Crippen molar-refractivity contribution in [2.24, 2.45) is 0 Å². The van der Waals surface area contributed by atoms with Gasteiger partial charge in [0.25, 0.3) is 10.0 Å². The Morgan fingerprint density at radius 2 is 1.62 bits per heavy atom. The molecule has 0 atom stereocenters. The van der Waals surface area contributed by atoms with Crippen LogP contribution in [0.1, 0.15) is 11.1 Å². The van der Waals surface area contributed by atoms with Gasteiger partial charge in [0, 0.05) is 12.7 Å². The van der Waals surface area contributed by atoms with Crippen molar-refractivity contribution in [1.82, 2.24) is 0 Å². The third-order valence-electron chi connectivity index (χ3n) is 3.94. The molecule has 0 aliphatic rings. The second-order valence-corrected chi connectivity index (χ2v) is 7.64. The van der Waals surface area contributed by atoms with E-state index in [-0.39, 0.29) is 10.6 Å². The van der Waals surface area contributed by atoms with Crippen molar-refractivity contribution in [3.63, 3.8) is 0 Å². The summed E-state index contributed by atoms with van der Waals surface area (Å²) in [6.07, 6.45) is -5.02. The molecule has 1 N–H and O–H groups in total. The smallest absolute Gasteiger partial charge is 0.318 e. The van der Waals surface area contributed by atoms with E-state index < -0.39 is 22.1 Å². The Morgan fingerprint density at radius 3 is 2.15 bits per heavy atom. The number of carbonyl (C=O) groups excluding carboxylic acids is 1. The predicted octanol–water partition coefficient (Wildman–Crippen LogP) is 3.63. The van der Waals surface area contributed by atoms with Gasteiger partial charge in [-0.1, -0.05) is 12.1 Å². The molecule has 2 rings (SSSR count). The van der Waals surface area contributed by atoms with Crippen molar-refractivity contribution >= 4 is 27.3 Å². The molecule has 0 fully saturated rings. The largest absolute Gasteiger partial charge is 0.471 e. The number of nitrogens with one attached hydrogen (secondary N) is 1. The molecule has 2 aromatic rings. The van der Waals surface area contributed by atoms with Gasteiger partial charge in [0.15, 0.2) is 0 Å². The lowest BCUT2D eigenvalue weighted by Gasteiger charge is -2.22. The summed E-state index contributed by atoms with van der Waals surface area (Å²) in [5.41, 5.74) is 2.07. The van der Waals surface area contributed by atoms with Gasteiger partial charge < -0.3 is 5.32 Å². The Kier molecular flexibility index (Phi) is 5.31. The third kappa shape index (κ3) is 3.98. The number of carbonyl (C=O) groups is 1. The first-order chi connectivity index (χ1) is 11.9. The van der Waals surface area contributed by atoms with Gasteiger partial charge in [-0.3, -0.25) is 9.10 Å². The van der Waals surface area contributed by atoms with Crippen LogP contribution in [-0.2, 0) is 14.8 Å². The van der Waals surface area contributed by atoms with Crippen LogP contribution in [0.5, 0.6) is 0 Å². The van der Waals surface area contributed by atoms with Crippen molar-refractivity contribution in [1.29, 1.82) is 0 Å². The molecule has 5 nitrogen and oxygen atoms in total. The standard InChI is InChI=1S/C17H17F3N2O3S/c1-11-5-4-6-15(12(11)2)22(3)26(24,25)14-9-7-13(8-10-14)21-16(23)17(18,19)20/h4-10H,1-3H3,(H,21,23). The molecule has 0 saturated carbocycles. The highest BCUT2D eigenvalue weighted by atomic mass is 32.2. The van der Waals surface area contributed by atoms with E-state index in [2.05, 4.69) is 0 Å². The van der Waals surface area contributed by atoms with Gasteiger partial charge in [0.1, 0.15) is 0 Å². The minimum Gasteiger partial charge on any atom is -0.318 e. The van der Waals surface area contributed by atoms with Crippen molar-refractivity contribution in [2.45, 2.75) is 24.9 Å². The van der Waals surface area contributed by atoms with Gasteiger partial charge >= 0.3 is 12.1 Å². The second kappa shape index (κ2) is 6.99. The maximum atomic E-state index is 12.7. The highest BCUT2D eigenvalue weighted by Crippen LogP contribution is 2.28. The number of halogens is 3. The molecule has 0 heterocycles. The minimum atomic E-state index is -5.02. The monoisotopic (exact) mass is 386 g/mol. The van der Waals surface area contributed by atoms with Crippen LogP contribution in [-0.4, -0.2) is 27.5 Å². The zero-order valence-corrected chi connectivity index (χ0v) is 15.1. The molecule has 0 spiro atoms. The average Bonchev–Trinajstić information content (AvgIpc) is 2.56. The normalized spacial score (nSPS) is 11.9. The second-order valence-electron chi connectivity index (χ2n) is 5.67. The van der Waals surface area contributed by atoms with Crippen molar-refractivity contribution in [2.75, 3.05) is 16.7 Å². The van der Waals surface area contributed by atoms with Crippen molar-refractivity contribution in [3.8, 4) is 0 Å². The summed E-state index contributed by atoms with van der Waals surface area (Å²) in [4.78, 5) is 10.8. The Morgan fingerprint density at radius 1 is 1.04 bits per heavy atom. The first-order valence-electron chi connectivity index (χ1n) is 7.48. The van der Waals surface area contributed by atoms with E-state index in [1.807, 2.05) is 13.0 Å². The fraction of sp³-hybridized carbons (Fsp3) is 0.235. The molecule has 140 valence electrons. The number of rotatable bonds is 4. The van der Waals surface area contributed by atoms with Crippen LogP contribution in [0, 0.1) is 13.8 Å². The molecule has 0 aliphatic carbocycles. The molecule has 2 aromatic carbocycles. The summed E-state index contributed by atoms with van der Waals surface area (Å²) in [6.45, 7) is 3.66. The molecule has 0 unspecified atom stereocenters. The number of anilines is 2. The number of nitrogens with zero attached hydrogens (tertiary/aromatic N) is 1. The topological polar surface area (TPSA) is 66.5 Å². The van der Waals surface area contributed by atoms with Crippen LogP contribution in [0.2, 0.25) is 0 Å². The Hall–Kier alpha value is -2.55. The van der Waals surface area contributed by atoms with Crippen LogP contribution < -0.4 is 9.62 Å². The Bertz CT molecular complexity index is 923. The number of hydrogen-bond acceptors (Lipinski definition) is 3. The summed E-state index contributed by atoms with van der Waals surface area (Å²) in [5, 5.41) is 1.67. The molecule has 26 heavy (non-hydrogen) atoms. The lowest BCUT2D eigenvalue weighted by Crippen LogP contribution is -2.30. The minimum absolute atomic E-state index is 0.106. The molecule has 1 amide bonds. The molecule has 0 radical (unpaired) electrons. The SMILES string of the molecule is Cc1cccc(N(C)S(=O)(=O)c2ccc(NC(=O)C(F)(F)F)cc2)c1C. The fourth-order valence-corrected chi connectivity index (χ4v) is 3.53. The van der Waals surface area contributed by atoms with Crippen LogP contribution in [0.25, 0.3) is 0 Å². The molecule has 0 saturated heterocycles. The molecule has 0 bridgehead atoms. The lowest BCUT2D eigenvalue weighted by molar-refractivity contribution is -0.167. The van der Waals surface area contributed by atoms with E-state index in [0.29, 0.717) is 5.69 Å². The van der Waals surface area contributed by atoms with E-state index in [9.17, 15) is 26.4 Å². The molecule has 0 aliphatic heterocycles. The summed E-state index contributed by atoms with van der Waals surface area (Å²) in [7, 11) is -2.51.